The van der Waals surface area contributed by atoms with Gasteiger partial charge in [-0.3, -0.25) is 0 Å². The van der Waals surface area contributed by atoms with Crippen molar-refractivity contribution >= 4 is 27.3 Å². The number of nitrogens with zero attached hydrogens (tertiary/aromatic N) is 2. The van der Waals surface area contributed by atoms with Crippen LogP contribution in [0, 0.1) is 6.92 Å². The molecule has 3 rings (SSSR count). The Morgan fingerprint density at radius 1 is 1.13 bits per heavy atom. The van der Waals surface area contributed by atoms with E-state index < -0.39 is 33.4 Å². The monoisotopic (exact) mass is 476 g/mol. The zero-order valence-electron chi connectivity index (χ0n) is 17.3. The summed E-state index contributed by atoms with van der Waals surface area (Å²) in [5.74, 6) is 0. The van der Waals surface area contributed by atoms with Gasteiger partial charge in [0.2, 0.25) is 10.0 Å². The molecule has 1 unspecified atom stereocenters. The Morgan fingerprint density at radius 3 is 2.39 bits per heavy atom. The maximum absolute atomic E-state index is 13.2. The van der Waals surface area contributed by atoms with Gasteiger partial charge in [0.15, 0.2) is 5.60 Å². The van der Waals surface area contributed by atoms with Crippen molar-refractivity contribution in [1.29, 1.82) is 0 Å². The molecule has 0 aromatic heterocycles. The fourth-order valence-electron chi connectivity index (χ4n) is 3.64. The van der Waals surface area contributed by atoms with Crippen LogP contribution in [-0.4, -0.2) is 49.7 Å². The zero-order valence-corrected chi connectivity index (χ0v) is 18.9. The molecule has 10 heteroatoms. The van der Waals surface area contributed by atoms with E-state index in [1.807, 2.05) is 30.0 Å². The molecule has 1 N–H and O–H groups in total. The van der Waals surface area contributed by atoms with Crippen molar-refractivity contribution in [3.05, 3.63) is 58.6 Å². The highest BCUT2D eigenvalue weighted by Crippen LogP contribution is 2.39. The first-order valence-corrected chi connectivity index (χ1v) is 11.5. The van der Waals surface area contributed by atoms with Crippen LogP contribution < -0.4 is 4.90 Å². The van der Waals surface area contributed by atoms with Crippen LogP contribution >= 0.6 is 11.6 Å². The van der Waals surface area contributed by atoms with Gasteiger partial charge in [0.1, 0.15) is 0 Å². The van der Waals surface area contributed by atoms with Crippen LogP contribution in [0.2, 0.25) is 5.02 Å². The predicted molar refractivity (Wildman–Crippen MR) is 114 cm³/mol. The van der Waals surface area contributed by atoms with Crippen molar-refractivity contribution < 1.29 is 26.7 Å². The smallest absolute Gasteiger partial charge is 0.376 e. The number of piperazine rings is 1. The van der Waals surface area contributed by atoms with Crippen LogP contribution in [0.3, 0.4) is 0 Å². The Balaban J connectivity index is 1.86. The summed E-state index contributed by atoms with van der Waals surface area (Å²) in [5, 5.41) is 10.5. The van der Waals surface area contributed by atoms with E-state index in [1.54, 1.807) is 6.92 Å². The number of aliphatic hydroxyl groups is 1. The number of hydrogen-bond acceptors (Lipinski definition) is 4. The quantitative estimate of drug-likeness (QED) is 0.714. The number of aryl methyl sites for hydroxylation is 1. The molecule has 170 valence electrons. The molecule has 0 bridgehead atoms. The average Bonchev–Trinajstić information content (AvgIpc) is 2.67. The minimum Gasteiger partial charge on any atom is -0.376 e. The Morgan fingerprint density at radius 2 is 1.81 bits per heavy atom. The Kier molecular flexibility index (Phi) is 6.36. The van der Waals surface area contributed by atoms with Gasteiger partial charge in [-0.05, 0) is 56.2 Å². The first-order chi connectivity index (χ1) is 14.2. The maximum atomic E-state index is 13.2. The Labute approximate surface area is 185 Å². The van der Waals surface area contributed by atoms with E-state index in [-0.39, 0.29) is 11.4 Å². The van der Waals surface area contributed by atoms with E-state index in [9.17, 15) is 26.7 Å². The summed E-state index contributed by atoms with van der Waals surface area (Å²) in [6.07, 6.45) is -4.94. The zero-order chi connectivity index (χ0) is 23.2. The van der Waals surface area contributed by atoms with Crippen molar-refractivity contribution in [2.24, 2.45) is 0 Å². The van der Waals surface area contributed by atoms with E-state index in [1.165, 1.54) is 16.4 Å². The van der Waals surface area contributed by atoms with Crippen LogP contribution in [0.25, 0.3) is 0 Å². The molecule has 0 aliphatic carbocycles. The molecule has 2 aromatic rings. The SMILES string of the molecule is Cc1ccc(N2CCN(S(=O)(=O)c3cccc(C(C)(O)C(F)(F)F)c3)[C@H](C)C2)c(Cl)c1. The van der Waals surface area contributed by atoms with E-state index >= 15 is 0 Å². The summed E-state index contributed by atoms with van der Waals surface area (Å²) >= 11 is 6.34. The summed E-state index contributed by atoms with van der Waals surface area (Å²) in [4.78, 5) is 1.70. The normalized spacial score (nSPS) is 20.5. The Hall–Kier alpha value is -1.81. The number of halogens is 4. The highest BCUT2D eigenvalue weighted by Gasteiger charge is 2.51. The highest BCUT2D eigenvalue weighted by atomic mass is 35.5. The largest absolute Gasteiger partial charge is 0.421 e. The lowest BCUT2D eigenvalue weighted by Gasteiger charge is -2.40. The van der Waals surface area contributed by atoms with Crippen LogP contribution in [0.15, 0.2) is 47.4 Å². The lowest BCUT2D eigenvalue weighted by atomic mass is 9.96. The van der Waals surface area contributed by atoms with Gasteiger partial charge in [-0.15, -0.1) is 0 Å². The van der Waals surface area contributed by atoms with Crippen molar-refractivity contribution in [1.82, 2.24) is 4.31 Å². The van der Waals surface area contributed by atoms with E-state index in [0.29, 0.717) is 25.0 Å². The summed E-state index contributed by atoms with van der Waals surface area (Å²) in [5.41, 5.74) is -1.87. The predicted octanol–water partition coefficient (Wildman–Crippen LogP) is 4.32. The molecule has 1 aliphatic rings. The molecule has 0 spiro atoms. The van der Waals surface area contributed by atoms with Crippen molar-refractivity contribution in [2.75, 3.05) is 24.5 Å². The molecule has 5 nitrogen and oxygen atoms in total. The first-order valence-electron chi connectivity index (χ1n) is 9.68. The van der Waals surface area contributed by atoms with Crippen molar-refractivity contribution in [3.8, 4) is 0 Å². The van der Waals surface area contributed by atoms with Gasteiger partial charge < -0.3 is 10.0 Å². The standard InChI is InChI=1S/C21H24ClF3N2O3S/c1-14-7-8-19(18(22)11-14)26-9-10-27(15(2)13-26)31(29,30)17-6-4-5-16(12-17)20(3,28)21(23,24)25/h4-8,11-12,15,28H,9-10,13H2,1-3H3/t15-,20?/m1/s1. The van der Waals surface area contributed by atoms with Crippen LogP contribution in [0.4, 0.5) is 18.9 Å². The lowest BCUT2D eigenvalue weighted by molar-refractivity contribution is -0.258. The fraction of sp³-hybridized carbons (Fsp3) is 0.429. The second-order valence-corrected chi connectivity index (χ2v) is 10.3. The fourth-order valence-corrected chi connectivity index (χ4v) is 5.66. The molecule has 1 fully saturated rings. The maximum Gasteiger partial charge on any atom is 0.421 e. The summed E-state index contributed by atoms with van der Waals surface area (Å²) < 4.78 is 67.3. The number of benzene rings is 2. The molecule has 1 heterocycles. The minimum atomic E-state index is -4.94. The third kappa shape index (κ3) is 4.55. The number of hydrogen-bond donors (Lipinski definition) is 1. The van der Waals surface area contributed by atoms with Gasteiger partial charge in [-0.2, -0.15) is 17.5 Å². The molecule has 1 saturated heterocycles. The highest BCUT2D eigenvalue weighted by molar-refractivity contribution is 7.89. The van der Waals surface area contributed by atoms with Crippen molar-refractivity contribution in [2.45, 2.75) is 43.5 Å². The van der Waals surface area contributed by atoms with Gasteiger partial charge in [-0.1, -0.05) is 29.8 Å². The van der Waals surface area contributed by atoms with Gasteiger partial charge in [0.05, 0.1) is 15.6 Å². The number of anilines is 1. The van der Waals surface area contributed by atoms with E-state index in [4.69, 9.17) is 11.6 Å². The third-order valence-corrected chi connectivity index (χ3v) is 7.88. The molecular formula is C21H24ClF3N2O3S. The van der Waals surface area contributed by atoms with Crippen LogP contribution in [0.1, 0.15) is 25.0 Å². The Bertz CT molecular complexity index is 1070. The van der Waals surface area contributed by atoms with Gasteiger partial charge in [0.25, 0.3) is 0 Å². The minimum absolute atomic E-state index is 0.146. The van der Waals surface area contributed by atoms with Crippen LogP contribution in [0.5, 0.6) is 0 Å². The average molecular weight is 477 g/mol. The number of rotatable bonds is 4. The summed E-state index contributed by atoms with van der Waals surface area (Å²) in [7, 11) is -4.07. The molecule has 2 atom stereocenters. The molecule has 31 heavy (non-hydrogen) atoms. The second kappa shape index (κ2) is 8.27. The second-order valence-electron chi connectivity index (χ2n) is 7.96. The molecule has 1 aliphatic heterocycles. The van der Waals surface area contributed by atoms with E-state index in [0.717, 1.165) is 23.4 Å². The van der Waals surface area contributed by atoms with Gasteiger partial charge >= 0.3 is 6.18 Å². The number of alkyl halides is 3. The molecule has 0 amide bonds. The lowest BCUT2D eigenvalue weighted by Crippen LogP contribution is -2.54. The van der Waals surface area contributed by atoms with Crippen molar-refractivity contribution in [3.63, 3.8) is 0 Å². The van der Waals surface area contributed by atoms with Gasteiger partial charge in [-0.25, -0.2) is 8.42 Å². The first kappa shape index (κ1) is 23.8. The third-order valence-electron chi connectivity index (χ3n) is 5.57. The van der Waals surface area contributed by atoms with Gasteiger partial charge in [0, 0.05) is 25.7 Å². The summed E-state index contributed by atoms with van der Waals surface area (Å²) in [6, 6.07) is 9.60. The molecule has 0 radical (unpaired) electrons. The molecule has 2 aromatic carbocycles. The summed E-state index contributed by atoms with van der Waals surface area (Å²) in [6.45, 7) is 5.17. The van der Waals surface area contributed by atoms with Crippen LogP contribution in [-0.2, 0) is 15.6 Å². The van der Waals surface area contributed by atoms with E-state index in [2.05, 4.69) is 0 Å². The topological polar surface area (TPSA) is 60.9 Å². The number of sulfonamides is 1. The molecule has 0 saturated carbocycles. The molecular weight excluding hydrogens is 453 g/mol.